The van der Waals surface area contributed by atoms with Crippen LogP contribution in [0.4, 0.5) is 0 Å². The Morgan fingerprint density at radius 1 is 0.947 bits per heavy atom. The topological polar surface area (TPSA) is 18.5 Å². The smallest absolute Gasteiger partial charge is 0.0652 e. The first-order valence-electron chi connectivity index (χ1n) is 6.44. The zero-order valence-electron chi connectivity index (χ0n) is 11.6. The zero-order valence-corrected chi connectivity index (χ0v) is 12.4. The maximum absolute atomic E-state index is 5.63. The van der Waals surface area contributed by atoms with Crippen LogP contribution in [0.3, 0.4) is 0 Å². The SMILES string of the molecule is C=CCOC[C@]1(C=C)CS[C@@](C=C)(COCC=C)C1. The minimum atomic E-state index is -0.0469. The van der Waals surface area contributed by atoms with Crippen LogP contribution in [0.15, 0.2) is 50.6 Å². The lowest BCUT2D eigenvalue weighted by Crippen LogP contribution is -2.31. The van der Waals surface area contributed by atoms with E-state index >= 15 is 0 Å². The molecule has 1 rings (SSSR count). The standard InChI is InChI=1S/C16H24O2S/c1-5-9-17-12-15(7-3)11-16(8-4,19-14-15)13-18-10-6-2/h5-8H,1-4,9-14H2/t15-,16-/m1/s1. The fraction of sp³-hybridized carbons (Fsp3) is 0.500. The van der Waals surface area contributed by atoms with Gasteiger partial charge in [0.15, 0.2) is 0 Å². The lowest BCUT2D eigenvalue weighted by molar-refractivity contribution is 0.0838. The van der Waals surface area contributed by atoms with Gasteiger partial charge in [0.1, 0.15) is 0 Å². The maximum atomic E-state index is 5.63. The molecule has 2 nitrogen and oxygen atoms in total. The van der Waals surface area contributed by atoms with Crippen molar-refractivity contribution in [1.29, 1.82) is 0 Å². The van der Waals surface area contributed by atoms with Crippen molar-refractivity contribution in [2.45, 2.75) is 11.2 Å². The van der Waals surface area contributed by atoms with Crippen molar-refractivity contribution < 1.29 is 9.47 Å². The first-order chi connectivity index (χ1) is 9.16. The Morgan fingerprint density at radius 2 is 1.58 bits per heavy atom. The molecule has 1 aliphatic heterocycles. The number of hydrogen-bond donors (Lipinski definition) is 0. The van der Waals surface area contributed by atoms with Crippen LogP contribution >= 0.6 is 11.8 Å². The average Bonchev–Trinajstić information content (AvgIpc) is 2.80. The Balaban J connectivity index is 2.63. The van der Waals surface area contributed by atoms with E-state index in [1.807, 2.05) is 23.9 Å². The highest BCUT2D eigenvalue weighted by atomic mass is 32.2. The number of hydrogen-bond acceptors (Lipinski definition) is 3. The Morgan fingerprint density at radius 3 is 2.11 bits per heavy atom. The highest BCUT2D eigenvalue weighted by molar-refractivity contribution is 8.01. The highest BCUT2D eigenvalue weighted by Crippen LogP contribution is 2.50. The molecule has 19 heavy (non-hydrogen) atoms. The van der Waals surface area contributed by atoms with Crippen molar-refractivity contribution >= 4 is 11.8 Å². The number of ether oxygens (including phenoxy) is 2. The second-order valence-electron chi connectivity index (χ2n) is 4.91. The fourth-order valence-corrected chi connectivity index (χ4v) is 3.76. The minimum absolute atomic E-state index is 0.000590. The molecule has 1 aliphatic rings. The van der Waals surface area contributed by atoms with E-state index in [0.717, 1.165) is 12.2 Å². The lowest BCUT2D eigenvalue weighted by Gasteiger charge is -2.28. The Labute approximate surface area is 121 Å². The molecule has 0 N–H and O–H groups in total. The van der Waals surface area contributed by atoms with Crippen LogP contribution in [-0.2, 0) is 9.47 Å². The predicted molar refractivity (Wildman–Crippen MR) is 84.7 cm³/mol. The molecule has 0 aromatic rings. The van der Waals surface area contributed by atoms with Gasteiger partial charge in [0, 0.05) is 11.2 Å². The molecular formula is C16H24O2S. The normalized spacial score (nSPS) is 29.9. The summed E-state index contributed by atoms with van der Waals surface area (Å²) in [4.78, 5) is 0. The van der Waals surface area contributed by atoms with E-state index in [-0.39, 0.29) is 10.2 Å². The van der Waals surface area contributed by atoms with E-state index in [9.17, 15) is 0 Å². The van der Waals surface area contributed by atoms with Gasteiger partial charge in [-0.15, -0.1) is 38.1 Å². The molecule has 0 aliphatic carbocycles. The van der Waals surface area contributed by atoms with E-state index < -0.39 is 0 Å². The van der Waals surface area contributed by atoms with E-state index in [1.54, 1.807) is 12.2 Å². The Bertz CT molecular complexity index is 308. The molecule has 0 saturated carbocycles. The van der Waals surface area contributed by atoms with Crippen molar-refractivity contribution in [3.05, 3.63) is 50.6 Å². The molecule has 3 heteroatoms. The van der Waals surface area contributed by atoms with Crippen molar-refractivity contribution in [1.82, 2.24) is 0 Å². The summed E-state index contributed by atoms with van der Waals surface area (Å²) in [5.41, 5.74) is -0.000590. The fourth-order valence-electron chi connectivity index (χ4n) is 2.21. The summed E-state index contributed by atoms with van der Waals surface area (Å²) in [6.45, 7) is 17.8. The van der Waals surface area contributed by atoms with Crippen LogP contribution in [0.5, 0.6) is 0 Å². The Kier molecular flexibility index (Phi) is 6.63. The molecule has 106 valence electrons. The summed E-state index contributed by atoms with van der Waals surface area (Å²) in [5, 5.41) is 0. The molecule has 0 bridgehead atoms. The monoisotopic (exact) mass is 280 g/mol. The molecular weight excluding hydrogens is 256 g/mol. The summed E-state index contributed by atoms with van der Waals surface area (Å²) in [6, 6.07) is 0. The molecule has 1 saturated heterocycles. The summed E-state index contributed by atoms with van der Waals surface area (Å²) in [6.07, 6.45) is 8.50. The van der Waals surface area contributed by atoms with Crippen molar-refractivity contribution in [3.63, 3.8) is 0 Å². The van der Waals surface area contributed by atoms with Gasteiger partial charge in [-0.3, -0.25) is 0 Å². The van der Waals surface area contributed by atoms with Gasteiger partial charge in [-0.25, -0.2) is 0 Å². The maximum Gasteiger partial charge on any atom is 0.0652 e. The van der Waals surface area contributed by atoms with Crippen LogP contribution in [0.1, 0.15) is 6.42 Å². The van der Waals surface area contributed by atoms with Crippen molar-refractivity contribution in [3.8, 4) is 0 Å². The molecule has 0 aromatic carbocycles. The number of rotatable bonds is 10. The summed E-state index contributed by atoms with van der Waals surface area (Å²) in [5.74, 6) is 0.983. The summed E-state index contributed by atoms with van der Waals surface area (Å²) >= 11 is 1.88. The largest absolute Gasteiger partial charge is 0.376 e. The van der Waals surface area contributed by atoms with Gasteiger partial charge in [-0.1, -0.05) is 24.3 Å². The number of thioether (sulfide) groups is 1. The third-order valence-electron chi connectivity index (χ3n) is 3.31. The third-order valence-corrected chi connectivity index (χ3v) is 5.03. The van der Waals surface area contributed by atoms with Gasteiger partial charge in [-0.2, -0.15) is 0 Å². The quantitative estimate of drug-likeness (QED) is 0.450. The molecule has 0 aromatic heterocycles. The Hall–Kier alpha value is -0.770. The minimum Gasteiger partial charge on any atom is -0.376 e. The predicted octanol–water partition coefficient (Wildman–Crippen LogP) is 3.63. The zero-order chi connectivity index (χ0) is 14.2. The van der Waals surface area contributed by atoms with Crippen molar-refractivity contribution in [2.24, 2.45) is 5.41 Å². The van der Waals surface area contributed by atoms with Gasteiger partial charge >= 0.3 is 0 Å². The lowest BCUT2D eigenvalue weighted by atomic mass is 9.82. The molecule has 0 spiro atoms. The summed E-state index contributed by atoms with van der Waals surface area (Å²) < 4.78 is 11.2. The van der Waals surface area contributed by atoms with Gasteiger partial charge in [-0.05, 0) is 6.42 Å². The molecule has 0 amide bonds. The van der Waals surface area contributed by atoms with Gasteiger partial charge in [0.2, 0.25) is 0 Å². The second-order valence-corrected chi connectivity index (χ2v) is 6.30. The summed E-state index contributed by atoms with van der Waals surface area (Å²) in [7, 11) is 0. The first-order valence-corrected chi connectivity index (χ1v) is 7.43. The molecule has 1 heterocycles. The van der Waals surface area contributed by atoms with E-state index in [4.69, 9.17) is 9.47 Å². The van der Waals surface area contributed by atoms with E-state index in [2.05, 4.69) is 26.3 Å². The molecule has 0 radical (unpaired) electrons. The second kappa shape index (κ2) is 7.73. The van der Waals surface area contributed by atoms with Crippen LogP contribution < -0.4 is 0 Å². The third kappa shape index (κ3) is 4.37. The van der Waals surface area contributed by atoms with Crippen LogP contribution in [0, 0.1) is 5.41 Å². The molecule has 2 atom stereocenters. The highest BCUT2D eigenvalue weighted by Gasteiger charge is 2.46. The molecule has 0 unspecified atom stereocenters. The average molecular weight is 280 g/mol. The van der Waals surface area contributed by atoms with Crippen LogP contribution in [0.25, 0.3) is 0 Å². The molecule has 1 fully saturated rings. The van der Waals surface area contributed by atoms with Crippen LogP contribution in [0.2, 0.25) is 0 Å². The first kappa shape index (κ1) is 16.3. The van der Waals surface area contributed by atoms with E-state index in [0.29, 0.717) is 26.4 Å². The van der Waals surface area contributed by atoms with Crippen molar-refractivity contribution in [2.75, 3.05) is 32.2 Å². The van der Waals surface area contributed by atoms with E-state index in [1.165, 1.54) is 0 Å². The van der Waals surface area contributed by atoms with Gasteiger partial charge in [0.05, 0.1) is 31.2 Å². The van der Waals surface area contributed by atoms with Gasteiger partial charge < -0.3 is 9.47 Å². The van der Waals surface area contributed by atoms with Crippen LogP contribution in [-0.4, -0.2) is 36.9 Å². The van der Waals surface area contributed by atoms with Gasteiger partial charge in [0.25, 0.3) is 0 Å².